The summed E-state index contributed by atoms with van der Waals surface area (Å²) in [6.45, 7) is 0. The number of benzene rings is 2. The van der Waals surface area contributed by atoms with E-state index in [0.29, 0.717) is 17.1 Å². The number of nitrogens with zero attached hydrogens (tertiary/aromatic N) is 2. The van der Waals surface area contributed by atoms with Crippen LogP contribution in [-0.4, -0.2) is 56.5 Å². The summed E-state index contributed by atoms with van der Waals surface area (Å²) in [7, 11) is -0.388. The van der Waals surface area contributed by atoms with Crippen molar-refractivity contribution in [1.29, 1.82) is 0 Å². The van der Waals surface area contributed by atoms with Crippen molar-refractivity contribution in [3.8, 4) is 11.5 Å². The Kier molecular flexibility index (Phi) is 6.56. The molecule has 7 nitrogen and oxygen atoms in total. The van der Waals surface area contributed by atoms with E-state index in [1.165, 1.54) is 31.3 Å². The molecule has 0 unspecified atom stereocenters. The van der Waals surface area contributed by atoms with Crippen LogP contribution in [0.15, 0.2) is 47.5 Å². The van der Waals surface area contributed by atoms with Crippen LogP contribution < -0.4 is 14.4 Å². The number of carbonyl (C=O) groups is 1. The minimum Gasteiger partial charge on any atom is -0.493 e. The number of amidine groups is 1. The van der Waals surface area contributed by atoms with Crippen molar-refractivity contribution in [1.82, 2.24) is 0 Å². The summed E-state index contributed by atoms with van der Waals surface area (Å²) < 4.78 is 74.7. The fraction of sp³-hybridized carbons (Fsp3) is 0.364. The summed E-state index contributed by atoms with van der Waals surface area (Å²) in [6.07, 6.45) is -4.64. The molecular formula is C22H21F3N2O5S2. The van der Waals surface area contributed by atoms with Crippen molar-refractivity contribution >= 4 is 38.4 Å². The Balaban J connectivity index is 1.65. The SMILES string of the molecule is COc1ccc(CC(=O)N=C2S[C@H]3CS(=O)(=O)C[C@@H]3N2c2cccc(C(F)(F)F)c2)cc1OC. The summed E-state index contributed by atoms with van der Waals surface area (Å²) in [5, 5.41) is -0.234. The predicted octanol–water partition coefficient (Wildman–Crippen LogP) is 3.57. The van der Waals surface area contributed by atoms with Gasteiger partial charge in [-0.3, -0.25) is 4.79 Å². The van der Waals surface area contributed by atoms with Crippen molar-refractivity contribution in [3.05, 3.63) is 53.6 Å². The summed E-state index contributed by atoms with van der Waals surface area (Å²) in [6, 6.07) is 8.98. The lowest BCUT2D eigenvalue weighted by Gasteiger charge is -2.25. The normalized spacial score (nSPS) is 22.6. The fourth-order valence-electron chi connectivity index (χ4n) is 4.01. The maximum absolute atomic E-state index is 13.3. The number of hydrogen-bond donors (Lipinski definition) is 0. The quantitative estimate of drug-likeness (QED) is 0.603. The Morgan fingerprint density at radius 2 is 1.85 bits per heavy atom. The number of ether oxygens (including phenoxy) is 2. The topological polar surface area (TPSA) is 85.3 Å². The van der Waals surface area contributed by atoms with E-state index in [9.17, 15) is 26.4 Å². The molecule has 2 heterocycles. The van der Waals surface area contributed by atoms with Gasteiger partial charge >= 0.3 is 6.18 Å². The van der Waals surface area contributed by atoms with Gasteiger partial charge in [0.2, 0.25) is 0 Å². The number of hydrogen-bond acceptors (Lipinski definition) is 6. The molecule has 2 aliphatic heterocycles. The number of halogens is 3. The molecule has 2 fully saturated rings. The molecule has 2 aromatic carbocycles. The second kappa shape index (κ2) is 9.14. The molecule has 0 N–H and O–H groups in total. The molecule has 12 heteroatoms. The molecule has 0 aromatic heterocycles. The molecule has 4 rings (SSSR count). The number of rotatable bonds is 5. The molecule has 0 saturated carbocycles. The zero-order chi connectivity index (χ0) is 24.7. The summed E-state index contributed by atoms with van der Waals surface area (Å²) in [5.41, 5.74) is -0.108. The van der Waals surface area contributed by atoms with Crippen LogP contribution >= 0.6 is 11.8 Å². The number of fused-ring (bicyclic) bond motifs is 1. The highest BCUT2D eigenvalue weighted by atomic mass is 32.2. The molecule has 2 aliphatic rings. The van der Waals surface area contributed by atoms with Crippen molar-refractivity contribution < 1.29 is 35.9 Å². The first-order chi connectivity index (χ1) is 16.0. The second-order valence-corrected chi connectivity index (χ2v) is 11.2. The van der Waals surface area contributed by atoms with Gasteiger partial charge in [-0.25, -0.2) is 8.42 Å². The first-order valence-electron chi connectivity index (χ1n) is 10.2. The van der Waals surface area contributed by atoms with E-state index in [-0.39, 0.29) is 28.8 Å². The van der Waals surface area contributed by atoms with Crippen LogP contribution in [0.2, 0.25) is 0 Å². The smallest absolute Gasteiger partial charge is 0.416 e. The summed E-state index contributed by atoms with van der Waals surface area (Å²) in [5.74, 6) is 0.0847. The van der Waals surface area contributed by atoms with Gasteiger partial charge in [-0.2, -0.15) is 18.2 Å². The van der Waals surface area contributed by atoms with Crippen LogP contribution in [0.3, 0.4) is 0 Å². The zero-order valence-electron chi connectivity index (χ0n) is 18.2. The minimum atomic E-state index is -4.56. The molecule has 182 valence electrons. The molecule has 0 bridgehead atoms. The molecule has 0 aliphatic carbocycles. The number of amides is 1. The maximum Gasteiger partial charge on any atom is 0.416 e. The lowest BCUT2D eigenvalue weighted by Crippen LogP contribution is -2.38. The zero-order valence-corrected chi connectivity index (χ0v) is 19.8. The van der Waals surface area contributed by atoms with Crippen LogP contribution in [0.5, 0.6) is 11.5 Å². The number of carbonyl (C=O) groups excluding carboxylic acids is 1. The van der Waals surface area contributed by atoms with E-state index in [0.717, 1.165) is 23.9 Å². The second-order valence-electron chi connectivity index (χ2n) is 7.87. The van der Waals surface area contributed by atoms with E-state index in [2.05, 4.69) is 4.99 Å². The highest BCUT2D eigenvalue weighted by Gasteiger charge is 2.49. The third-order valence-corrected chi connectivity index (χ3v) is 8.75. The number of aliphatic imine (C=N–C) groups is 1. The van der Waals surface area contributed by atoms with Crippen molar-refractivity contribution in [3.63, 3.8) is 0 Å². The van der Waals surface area contributed by atoms with E-state index in [1.807, 2.05) is 0 Å². The summed E-state index contributed by atoms with van der Waals surface area (Å²) in [4.78, 5) is 18.4. The standard InChI is InChI=1S/C22H21F3N2O5S2/c1-31-17-7-6-13(8-18(17)32-2)9-20(28)26-21-27(16-11-34(29,30)12-19(16)33-21)15-5-3-4-14(10-15)22(23,24)25/h3-8,10,16,19H,9,11-12H2,1-2H3/t16-,19-/m0/s1. The number of methoxy groups -OCH3 is 2. The van der Waals surface area contributed by atoms with Crippen molar-refractivity contribution in [2.75, 3.05) is 30.6 Å². The lowest BCUT2D eigenvalue weighted by molar-refractivity contribution is -0.137. The Morgan fingerprint density at radius 1 is 1.12 bits per heavy atom. The third-order valence-electron chi connectivity index (χ3n) is 5.54. The highest BCUT2D eigenvalue weighted by molar-refractivity contribution is 8.16. The minimum absolute atomic E-state index is 0.0749. The average molecular weight is 515 g/mol. The maximum atomic E-state index is 13.3. The van der Waals surface area contributed by atoms with Crippen LogP contribution in [0.25, 0.3) is 0 Å². The molecule has 2 saturated heterocycles. The monoisotopic (exact) mass is 514 g/mol. The number of alkyl halides is 3. The largest absolute Gasteiger partial charge is 0.493 e. The van der Waals surface area contributed by atoms with Gasteiger partial charge in [0.15, 0.2) is 26.5 Å². The van der Waals surface area contributed by atoms with Crippen LogP contribution in [0.1, 0.15) is 11.1 Å². The van der Waals surface area contributed by atoms with Crippen molar-refractivity contribution in [2.24, 2.45) is 4.99 Å². The first kappa shape index (κ1) is 24.4. The fourth-order valence-corrected chi connectivity index (χ4v) is 7.94. The predicted molar refractivity (Wildman–Crippen MR) is 123 cm³/mol. The third kappa shape index (κ3) is 5.02. The van der Waals surface area contributed by atoms with Crippen LogP contribution in [0.4, 0.5) is 18.9 Å². The Bertz CT molecular complexity index is 1250. The van der Waals surface area contributed by atoms with E-state index >= 15 is 0 Å². The van der Waals surface area contributed by atoms with E-state index in [1.54, 1.807) is 18.2 Å². The average Bonchev–Trinajstić information content (AvgIpc) is 3.23. The molecule has 0 radical (unpaired) electrons. The first-order valence-corrected chi connectivity index (χ1v) is 12.9. The molecule has 1 amide bonds. The summed E-state index contributed by atoms with van der Waals surface area (Å²) >= 11 is 1.10. The molecular weight excluding hydrogens is 493 g/mol. The molecule has 2 atom stereocenters. The van der Waals surface area contributed by atoms with Gasteiger partial charge in [-0.15, -0.1) is 0 Å². The van der Waals surface area contributed by atoms with Gasteiger partial charge in [-0.05, 0) is 35.9 Å². The number of thioether (sulfide) groups is 1. The molecule has 34 heavy (non-hydrogen) atoms. The lowest BCUT2D eigenvalue weighted by atomic mass is 10.1. The van der Waals surface area contributed by atoms with Gasteiger partial charge in [0.05, 0.1) is 43.8 Å². The van der Waals surface area contributed by atoms with Crippen molar-refractivity contribution in [2.45, 2.75) is 23.9 Å². The van der Waals surface area contributed by atoms with Crippen LogP contribution in [0, 0.1) is 0 Å². The highest BCUT2D eigenvalue weighted by Crippen LogP contribution is 2.42. The van der Waals surface area contributed by atoms with E-state index < -0.39 is 38.8 Å². The molecule has 2 aromatic rings. The van der Waals surface area contributed by atoms with Gasteiger partial charge in [0.25, 0.3) is 5.91 Å². The van der Waals surface area contributed by atoms with Gasteiger partial charge in [-0.1, -0.05) is 23.9 Å². The van der Waals surface area contributed by atoms with Gasteiger partial charge in [0.1, 0.15) is 0 Å². The molecule has 0 spiro atoms. The Labute approximate surface area is 198 Å². The number of sulfone groups is 1. The Morgan fingerprint density at radius 3 is 2.53 bits per heavy atom. The van der Waals surface area contributed by atoms with E-state index in [4.69, 9.17) is 9.47 Å². The van der Waals surface area contributed by atoms with Gasteiger partial charge in [0, 0.05) is 10.9 Å². The van der Waals surface area contributed by atoms with Gasteiger partial charge < -0.3 is 14.4 Å². The number of anilines is 1. The Hall–Kier alpha value is -2.73. The van der Waals surface area contributed by atoms with Crippen LogP contribution in [-0.2, 0) is 27.2 Å².